The smallest absolute Gasteiger partial charge is 0.224 e. The van der Waals surface area contributed by atoms with Gasteiger partial charge in [-0.1, -0.05) is 60.2 Å². The van der Waals surface area contributed by atoms with Crippen molar-refractivity contribution in [2.75, 3.05) is 6.54 Å². The Labute approximate surface area is 119 Å². The van der Waals surface area contributed by atoms with E-state index in [2.05, 4.69) is 5.32 Å². The van der Waals surface area contributed by atoms with Crippen LogP contribution in [0.2, 0.25) is 0 Å². The van der Waals surface area contributed by atoms with Gasteiger partial charge in [0.05, 0.1) is 12.5 Å². The zero-order valence-electron chi connectivity index (χ0n) is 11.5. The first-order valence-corrected chi connectivity index (χ1v) is 6.70. The average molecular weight is 269 g/mol. The maximum atomic E-state index is 11.8. The lowest BCUT2D eigenvalue weighted by Crippen LogP contribution is -2.29. The number of aliphatic hydroxyl groups excluding tert-OH is 1. The number of rotatable bonds is 5. The van der Waals surface area contributed by atoms with Gasteiger partial charge >= 0.3 is 0 Å². The van der Waals surface area contributed by atoms with E-state index in [1.807, 2.05) is 61.5 Å². The van der Waals surface area contributed by atoms with Crippen molar-refractivity contribution in [3.05, 3.63) is 71.3 Å². The molecule has 3 nitrogen and oxygen atoms in total. The fourth-order valence-electron chi connectivity index (χ4n) is 2.07. The highest BCUT2D eigenvalue weighted by Crippen LogP contribution is 2.10. The normalized spacial score (nSPS) is 11.9. The summed E-state index contributed by atoms with van der Waals surface area (Å²) in [5, 5.41) is 12.7. The lowest BCUT2D eigenvalue weighted by Gasteiger charge is -2.12. The summed E-state index contributed by atoms with van der Waals surface area (Å²) in [4.78, 5) is 11.8. The molecule has 3 heteroatoms. The average Bonchev–Trinajstić information content (AvgIpc) is 2.46. The third-order valence-corrected chi connectivity index (χ3v) is 3.12. The minimum absolute atomic E-state index is 0.0782. The van der Waals surface area contributed by atoms with Crippen molar-refractivity contribution in [1.82, 2.24) is 5.32 Å². The molecule has 0 heterocycles. The van der Waals surface area contributed by atoms with Gasteiger partial charge in [0, 0.05) is 6.54 Å². The Bertz CT molecular complexity index is 566. The minimum atomic E-state index is -0.669. The maximum Gasteiger partial charge on any atom is 0.224 e. The van der Waals surface area contributed by atoms with Gasteiger partial charge in [0.1, 0.15) is 0 Å². The van der Waals surface area contributed by atoms with Gasteiger partial charge in [0.15, 0.2) is 0 Å². The second kappa shape index (κ2) is 6.87. The van der Waals surface area contributed by atoms with E-state index in [9.17, 15) is 9.90 Å². The topological polar surface area (TPSA) is 49.3 Å². The summed E-state index contributed by atoms with van der Waals surface area (Å²) < 4.78 is 0. The van der Waals surface area contributed by atoms with Crippen LogP contribution < -0.4 is 5.32 Å². The largest absolute Gasteiger partial charge is 0.387 e. The maximum absolute atomic E-state index is 11.8. The molecule has 0 saturated carbocycles. The summed E-state index contributed by atoms with van der Waals surface area (Å²) in [5.74, 6) is -0.0782. The summed E-state index contributed by atoms with van der Waals surface area (Å²) in [6, 6.07) is 17.2. The Kier molecular flexibility index (Phi) is 4.91. The Balaban J connectivity index is 1.83. The van der Waals surface area contributed by atoms with Crippen molar-refractivity contribution in [2.24, 2.45) is 0 Å². The quantitative estimate of drug-likeness (QED) is 0.875. The van der Waals surface area contributed by atoms with E-state index in [0.717, 1.165) is 16.7 Å². The zero-order valence-corrected chi connectivity index (χ0v) is 11.5. The molecule has 0 spiro atoms. The summed E-state index contributed by atoms with van der Waals surface area (Å²) >= 11 is 0. The van der Waals surface area contributed by atoms with Crippen LogP contribution in [0.5, 0.6) is 0 Å². The van der Waals surface area contributed by atoms with Crippen molar-refractivity contribution in [3.63, 3.8) is 0 Å². The number of amides is 1. The standard InChI is InChI=1S/C17H19NO2/c1-13-6-5-7-14(10-13)11-17(20)18-12-16(19)15-8-3-2-4-9-15/h2-10,16,19H,11-12H2,1H3,(H,18,20). The Morgan fingerprint density at radius 3 is 2.60 bits per heavy atom. The Hall–Kier alpha value is -2.13. The van der Waals surface area contributed by atoms with Crippen LogP contribution in [0.1, 0.15) is 22.8 Å². The van der Waals surface area contributed by atoms with Gasteiger partial charge < -0.3 is 10.4 Å². The molecule has 1 amide bonds. The number of benzene rings is 2. The van der Waals surface area contributed by atoms with Gasteiger partial charge in [-0.25, -0.2) is 0 Å². The van der Waals surface area contributed by atoms with Crippen LogP contribution in [0.25, 0.3) is 0 Å². The summed E-state index contributed by atoms with van der Waals surface area (Å²) in [7, 11) is 0. The van der Waals surface area contributed by atoms with E-state index in [4.69, 9.17) is 0 Å². The number of carbonyl (C=O) groups excluding carboxylic acids is 1. The van der Waals surface area contributed by atoms with Gasteiger partial charge in [-0.15, -0.1) is 0 Å². The van der Waals surface area contributed by atoms with Crippen LogP contribution in [0.4, 0.5) is 0 Å². The van der Waals surface area contributed by atoms with Crippen molar-refractivity contribution in [2.45, 2.75) is 19.4 Å². The summed E-state index contributed by atoms with van der Waals surface area (Å²) in [5.41, 5.74) is 2.93. The lowest BCUT2D eigenvalue weighted by molar-refractivity contribution is -0.120. The molecular weight excluding hydrogens is 250 g/mol. The van der Waals surface area contributed by atoms with E-state index in [0.29, 0.717) is 6.42 Å². The zero-order chi connectivity index (χ0) is 14.4. The molecule has 2 N–H and O–H groups in total. The van der Waals surface area contributed by atoms with E-state index in [-0.39, 0.29) is 12.5 Å². The Morgan fingerprint density at radius 1 is 1.15 bits per heavy atom. The molecule has 0 aliphatic rings. The van der Waals surface area contributed by atoms with Crippen molar-refractivity contribution in [1.29, 1.82) is 0 Å². The molecule has 0 aromatic heterocycles. The molecule has 1 atom stereocenters. The molecule has 104 valence electrons. The van der Waals surface area contributed by atoms with E-state index in [1.54, 1.807) is 0 Å². The van der Waals surface area contributed by atoms with Crippen molar-refractivity contribution < 1.29 is 9.90 Å². The van der Waals surface area contributed by atoms with Crippen molar-refractivity contribution >= 4 is 5.91 Å². The van der Waals surface area contributed by atoms with Crippen LogP contribution >= 0.6 is 0 Å². The molecule has 0 aliphatic heterocycles. The van der Waals surface area contributed by atoms with Crippen LogP contribution in [0.15, 0.2) is 54.6 Å². The number of hydrogen-bond acceptors (Lipinski definition) is 2. The molecule has 2 aromatic carbocycles. The van der Waals surface area contributed by atoms with Gasteiger partial charge in [0.2, 0.25) is 5.91 Å². The second-order valence-electron chi connectivity index (χ2n) is 4.90. The van der Waals surface area contributed by atoms with Crippen LogP contribution in [-0.4, -0.2) is 17.6 Å². The molecule has 0 radical (unpaired) electrons. The fraction of sp³-hybridized carbons (Fsp3) is 0.235. The number of carbonyl (C=O) groups is 1. The van der Waals surface area contributed by atoms with Crippen LogP contribution in [-0.2, 0) is 11.2 Å². The highest BCUT2D eigenvalue weighted by molar-refractivity contribution is 5.78. The predicted octanol–water partition coefficient (Wildman–Crippen LogP) is 2.39. The van der Waals surface area contributed by atoms with Crippen LogP contribution in [0.3, 0.4) is 0 Å². The van der Waals surface area contributed by atoms with Gasteiger partial charge in [-0.3, -0.25) is 4.79 Å². The molecule has 0 fully saturated rings. The van der Waals surface area contributed by atoms with Gasteiger partial charge in [0.25, 0.3) is 0 Å². The monoisotopic (exact) mass is 269 g/mol. The van der Waals surface area contributed by atoms with Crippen molar-refractivity contribution in [3.8, 4) is 0 Å². The van der Waals surface area contributed by atoms with Crippen LogP contribution in [0, 0.1) is 6.92 Å². The Morgan fingerprint density at radius 2 is 1.90 bits per heavy atom. The highest BCUT2D eigenvalue weighted by Gasteiger charge is 2.09. The first-order chi connectivity index (χ1) is 9.65. The molecule has 20 heavy (non-hydrogen) atoms. The SMILES string of the molecule is Cc1cccc(CC(=O)NCC(O)c2ccccc2)c1. The summed E-state index contributed by atoms with van der Waals surface area (Å²) in [6.45, 7) is 2.23. The van der Waals surface area contributed by atoms with Gasteiger partial charge in [-0.05, 0) is 18.1 Å². The molecular formula is C17H19NO2. The first-order valence-electron chi connectivity index (χ1n) is 6.70. The van der Waals surface area contributed by atoms with E-state index in [1.165, 1.54) is 0 Å². The molecule has 2 aromatic rings. The molecule has 0 saturated heterocycles. The third kappa shape index (κ3) is 4.21. The minimum Gasteiger partial charge on any atom is -0.387 e. The molecule has 0 aliphatic carbocycles. The third-order valence-electron chi connectivity index (χ3n) is 3.12. The number of nitrogens with one attached hydrogen (secondary N) is 1. The predicted molar refractivity (Wildman–Crippen MR) is 79.3 cm³/mol. The fourth-order valence-corrected chi connectivity index (χ4v) is 2.07. The number of hydrogen-bond donors (Lipinski definition) is 2. The second-order valence-corrected chi connectivity index (χ2v) is 4.90. The number of aliphatic hydroxyl groups is 1. The van der Waals surface area contributed by atoms with Gasteiger partial charge in [-0.2, -0.15) is 0 Å². The first kappa shape index (κ1) is 14.3. The molecule has 2 rings (SSSR count). The lowest BCUT2D eigenvalue weighted by atomic mass is 10.1. The summed E-state index contributed by atoms with van der Waals surface area (Å²) in [6.07, 6.45) is -0.332. The molecule has 1 unspecified atom stereocenters. The van der Waals surface area contributed by atoms with E-state index < -0.39 is 6.10 Å². The van der Waals surface area contributed by atoms with E-state index >= 15 is 0 Å². The molecule has 0 bridgehead atoms. The highest BCUT2D eigenvalue weighted by atomic mass is 16.3. The number of aryl methyl sites for hydroxylation is 1.